The minimum absolute atomic E-state index is 0.0649. The number of nitrogens with one attached hydrogen (secondary N) is 2. The van der Waals surface area contributed by atoms with Gasteiger partial charge in [-0.1, -0.05) is 41.7 Å². The summed E-state index contributed by atoms with van der Waals surface area (Å²) in [5.74, 6) is 1.23. The molecule has 2 N–H and O–H groups in total. The first-order valence-electron chi connectivity index (χ1n) is 9.22. The maximum absolute atomic E-state index is 12.3. The molecule has 0 unspecified atom stereocenters. The Hall–Kier alpha value is -2.91. The zero-order chi connectivity index (χ0) is 21.3. The Morgan fingerprint density at radius 2 is 1.97 bits per heavy atom. The summed E-state index contributed by atoms with van der Waals surface area (Å²) in [6.45, 7) is 2.37. The second-order valence-electron chi connectivity index (χ2n) is 6.39. The lowest BCUT2D eigenvalue weighted by atomic mass is 10.2. The summed E-state index contributed by atoms with van der Waals surface area (Å²) in [4.78, 5) is 24.4. The van der Waals surface area contributed by atoms with Crippen LogP contribution in [0.1, 0.15) is 25.9 Å². The van der Waals surface area contributed by atoms with Crippen molar-refractivity contribution in [3.8, 4) is 5.75 Å². The molecule has 0 saturated heterocycles. The van der Waals surface area contributed by atoms with Crippen molar-refractivity contribution in [1.29, 1.82) is 0 Å². The van der Waals surface area contributed by atoms with Gasteiger partial charge >= 0.3 is 0 Å². The summed E-state index contributed by atoms with van der Waals surface area (Å²) in [6.07, 6.45) is 0. The van der Waals surface area contributed by atoms with E-state index in [1.807, 2.05) is 55.5 Å². The number of carbonyl (C=O) groups is 2. The summed E-state index contributed by atoms with van der Waals surface area (Å²) in [7, 11) is 1.61. The molecule has 1 heterocycles. The largest absolute Gasteiger partial charge is 0.497 e. The third kappa shape index (κ3) is 6.30. The number of ether oxygens (including phenoxy) is 1. The van der Waals surface area contributed by atoms with Crippen LogP contribution in [0.2, 0.25) is 0 Å². The Morgan fingerprint density at radius 3 is 2.77 bits per heavy atom. The molecule has 0 fully saturated rings. The van der Waals surface area contributed by atoms with E-state index in [-0.39, 0.29) is 11.8 Å². The summed E-state index contributed by atoms with van der Waals surface area (Å²) >= 11 is 2.66. The van der Waals surface area contributed by atoms with Crippen molar-refractivity contribution >= 4 is 40.6 Å². The molecule has 3 aromatic rings. The van der Waals surface area contributed by atoms with Crippen molar-refractivity contribution < 1.29 is 14.3 Å². The van der Waals surface area contributed by atoms with Crippen LogP contribution in [0.3, 0.4) is 0 Å². The average Bonchev–Trinajstić information content (AvgIpc) is 3.23. The van der Waals surface area contributed by atoms with E-state index in [9.17, 15) is 9.59 Å². The number of methoxy groups -OCH3 is 1. The minimum Gasteiger partial charge on any atom is -0.497 e. The van der Waals surface area contributed by atoms with Crippen molar-refractivity contribution in [1.82, 2.24) is 15.5 Å². The second-order valence-corrected chi connectivity index (χ2v) is 8.44. The highest BCUT2D eigenvalue weighted by Gasteiger charge is 2.14. The van der Waals surface area contributed by atoms with Crippen LogP contribution in [0.15, 0.2) is 48.5 Å². The normalized spacial score (nSPS) is 10.5. The van der Waals surface area contributed by atoms with Gasteiger partial charge in [0.05, 0.1) is 12.9 Å². The zero-order valence-corrected chi connectivity index (χ0v) is 18.3. The molecule has 0 atom stereocenters. The molecule has 7 nitrogen and oxygen atoms in total. The first-order chi connectivity index (χ1) is 14.5. The Bertz CT molecular complexity index is 1020. The maximum atomic E-state index is 12.3. The molecule has 3 rings (SSSR count). The fourth-order valence-electron chi connectivity index (χ4n) is 2.56. The minimum atomic E-state index is -0.283. The Morgan fingerprint density at radius 1 is 1.13 bits per heavy atom. The zero-order valence-electron chi connectivity index (χ0n) is 16.7. The summed E-state index contributed by atoms with van der Waals surface area (Å²) in [5, 5.41) is 14.7. The van der Waals surface area contributed by atoms with Crippen LogP contribution in [-0.4, -0.2) is 34.9 Å². The van der Waals surface area contributed by atoms with Gasteiger partial charge in [-0.05, 0) is 36.2 Å². The molecule has 30 heavy (non-hydrogen) atoms. The smallest absolute Gasteiger partial charge is 0.286 e. The lowest BCUT2D eigenvalue weighted by molar-refractivity contribution is -0.118. The molecular weight excluding hydrogens is 420 g/mol. The van der Waals surface area contributed by atoms with Crippen LogP contribution < -0.4 is 15.4 Å². The number of para-hydroxylation sites is 1. The number of hydrogen-bond acceptors (Lipinski definition) is 7. The highest BCUT2D eigenvalue weighted by Crippen LogP contribution is 2.19. The predicted molar refractivity (Wildman–Crippen MR) is 120 cm³/mol. The summed E-state index contributed by atoms with van der Waals surface area (Å²) in [5.41, 5.74) is 2.70. The molecule has 0 bridgehead atoms. The second kappa shape index (κ2) is 10.7. The van der Waals surface area contributed by atoms with Gasteiger partial charge in [0.2, 0.25) is 10.9 Å². The van der Waals surface area contributed by atoms with E-state index in [1.165, 1.54) is 23.1 Å². The molecule has 9 heteroatoms. The van der Waals surface area contributed by atoms with Crippen LogP contribution in [0.5, 0.6) is 5.75 Å². The topological polar surface area (TPSA) is 93.2 Å². The van der Waals surface area contributed by atoms with Gasteiger partial charge in [-0.3, -0.25) is 9.59 Å². The van der Waals surface area contributed by atoms with E-state index in [0.29, 0.717) is 28.1 Å². The van der Waals surface area contributed by atoms with Crippen LogP contribution in [0.25, 0.3) is 0 Å². The summed E-state index contributed by atoms with van der Waals surface area (Å²) in [6, 6.07) is 15.1. The quantitative estimate of drug-likeness (QED) is 0.525. The number of rotatable bonds is 9. The monoisotopic (exact) mass is 442 g/mol. The Labute approximate surface area is 183 Å². The molecule has 0 radical (unpaired) electrons. The van der Waals surface area contributed by atoms with E-state index in [1.54, 1.807) is 7.11 Å². The molecule has 0 spiro atoms. The maximum Gasteiger partial charge on any atom is 0.286 e. The molecule has 156 valence electrons. The average molecular weight is 443 g/mol. The highest BCUT2D eigenvalue weighted by atomic mass is 32.2. The Balaban J connectivity index is 1.42. The van der Waals surface area contributed by atoms with Gasteiger partial charge in [0.1, 0.15) is 10.8 Å². The third-order valence-electron chi connectivity index (χ3n) is 4.14. The van der Waals surface area contributed by atoms with Gasteiger partial charge in [0, 0.05) is 18.0 Å². The lowest BCUT2D eigenvalue weighted by Gasteiger charge is -2.06. The van der Waals surface area contributed by atoms with Crippen LogP contribution in [-0.2, 0) is 17.1 Å². The van der Waals surface area contributed by atoms with Gasteiger partial charge in [-0.2, -0.15) is 0 Å². The van der Waals surface area contributed by atoms with Gasteiger partial charge in [-0.15, -0.1) is 22.0 Å². The van der Waals surface area contributed by atoms with Crippen LogP contribution in [0.4, 0.5) is 5.69 Å². The number of aryl methyl sites for hydroxylation is 1. The number of nitrogens with zero attached hydrogens (tertiary/aromatic N) is 2. The van der Waals surface area contributed by atoms with Crippen LogP contribution >= 0.6 is 23.1 Å². The summed E-state index contributed by atoms with van der Waals surface area (Å²) < 4.78 is 5.18. The van der Waals surface area contributed by atoms with E-state index in [2.05, 4.69) is 20.8 Å². The number of amides is 2. The molecule has 2 amide bonds. The number of hydrogen-bond donors (Lipinski definition) is 2. The standard InChI is InChI=1S/C21H22N4O3S2/c1-14-6-3-4-9-17(14)23-20(27)21-25-24-19(30-21)13-29-12-18(26)22-11-15-7-5-8-16(10-15)28-2/h3-10H,11-13H2,1-2H3,(H,22,26)(H,23,27). The molecule has 0 aliphatic heterocycles. The number of benzene rings is 2. The van der Waals surface area contributed by atoms with Gasteiger partial charge in [-0.25, -0.2) is 0 Å². The number of anilines is 1. The van der Waals surface area contributed by atoms with Crippen LogP contribution in [0, 0.1) is 6.92 Å². The van der Waals surface area contributed by atoms with E-state index in [0.717, 1.165) is 22.6 Å². The predicted octanol–water partition coefficient (Wildman–Crippen LogP) is 3.66. The van der Waals surface area contributed by atoms with E-state index >= 15 is 0 Å². The van der Waals surface area contributed by atoms with Crippen molar-refractivity contribution in [3.05, 3.63) is 69.7 Å². The molecule has 1 aromatic heterocycles. The highest BCUT2D eigenvalue weighted by molar-refractivity contribution is 7.99. The van der Waals surface area contributed by atoms with Crippen molar-refractivity contribution in [3.63, 3.8) is 0 Å². The van der Waals surface area contributed by atoms with Gasteiger partial charge in [0.25, 0.3) is 5.91 Å². The number of carbonyl (C=O) groups excluding carboxylic acids is 2. The van der Waals surface area contributed by atoms with Gasteiger partial charge < -0.3 is 15.4 Å². The molecular formula is C21H22N4O3S2. The molecule has 0 aliphatic rings. The first-order valence-corrected chi connectivity index (χ1v) is 11.2. The first kappa shape index (κ1) is 21.8. The molecule has 0 saturated carbocycles. The molecule has 2 aromatic carbocycles. The lowest BCUT2D eigenvalue weighted by Crippen LogP contribution is -2.24. The number of thioether (sulfide) groups is 1. The SMILES string of the molecule is COc1cccc(CNC(=O)CSCc2nnc(C(=O)Nc3ccccc3C)s2)c1. The fourth-order valence-corrected chi connectivity index (χ4v) is 4.20. The Kier molecular flexibility index (Phi) is 7.81. The van der Waals surface area contributed by atoms with Crippen molar-refractivity contribution in [2.75, 3.05) is 18.2 Å². The van der Waals surface area contributed by atoms with Gasteiger partial charge in [0.15, 0.2) is 0 Å². The number of aromatic nitrogens is 2. The van der Waals surface area contributed by atoms with E-state index in [4.69, 9.17) is 4.74 Å². The van der Waals surface area contributed by atoms with E-state index < -0.39 is 0 Å². The van der Waals surface area contributed by atoms with Crippen molar-refractivity contribution in [2.24, 2.45) is 0 Å². The van der Waals surface area contributed by atoms with Crippen molar-refractivity contribution in [2.45, 2.75) is 19.2 Å². The molecule has 0 aliphatic carbocycles. The third-order valence-corrected chi connectivity index (χ3v) is 6.19. The fraction of sp³-hybridized carbons (Fsp3) is 0.238.